The van der Waals surface area contributed by atoms with Gasteiger partial charge in [-0.05, 0) is 48.7 Å². The van der Waals surface area contributed by atoms with Gasteiger partial charge in [0.2, 0.25) is 6.79 Å². The first-order valence-electron chi connectivity index (χ1n) is 9.18. The average Bonchev–Trinajstić information content (AvgIpc) is 3.14. The summed E-state index contributed by atoms with van der Waals surface area (Å²) in [6, 6.07) is 10.1. The normalized spacial score (nSPS) is 12.8. The fourth-order valence-corrected chi connectivity index (χ4v) is 2.74. The molecule has 1 aromatic heterocycles. The van der Waals surface area contributed by atoms with Gasteiger partial charge in [0, 0.05) is 33.4 Å². The van der Waals surface area contributed by atoms with Gasteiger partial charge in [0.1, 0.15) is 5.82 Å². The van der Waals surface area contributed by atoms with Gasteiger partial charge >= 0.3 is 0 Å². The summed E-state index contributed by atoms with van der Waals surface area (Å²) in [6.07, 6.45) is 2.70. The Morgan fingerprint density at radius 1 is 1.11 bits per heavy atom. The number of hydrogen-bond acceptors (Lipinski definition) is 5. The molecule has 2 N–H and O–H groups in total. The van der Waals surface area contributed by atoms with Crippen molar-refractivity contribution in [2.45, 2.75) is 19.9 Å². The van der Waals surface area contributed by atoms with E-state index in [0.29, 0.717) is 13.3 Å². The molecule has 7 heteroatoms. The van der Waals surface area contributed by atoms with E-state index in [0.717, 1.165) is 48.4 Å². The lowest BCUT2D eigenvalue weighted by atomic mass is 10.1. The molecule has 1 aliphatic rings. The highest BCUT2D eigenvalue weighted by molar-refractivity contribution is 5.79. The molecule has 0 fully saturated rings. The van der Waals surface area contributed by atoms with Gasteiger partial charge < -0.3 is 25.0 Å². The molecule has 0 spiro atoms. The molecule has 0 saturated heterocycles. The zero-order chi connectivity index (χ0) is 19.1. The summed E-state index contributed by atoms with van der Waals surface area (Å²) in [6.45, 7) is 4.56. The van der Waals surface area contributed by atoms with Crippen molar-refractivity contribution in [1.29, 1.82) is 0 Å². The van der Waals surface area contributed by atoms with Gasteiger partial charge in [-0.25, -0.2) is 9.98 Å². The molecule has 27 heavy (non-hydrogen) atoms. The van der Waals surface area contributed by atoms with Crippen LogP contribution in [0.5, 0.6) is 11.5 Å². The number of ether oxygens (including phenoxy) is 2. The average molecular weight is 369 g/mol. The standard InChI is InChI=1S/C20H27N5O2/c1-4-21-20(24-13-16-8-9-22-19(12-16)25(2)3)23-10-7-15-5-6-17-18(11-15)27-14-26-17/h5-6,8-9,11-12H,4,7,10,13-14H2,1-3H3,(H2,21,23,24). The first kappa shape index (κ1) is 18.8. The third kappa shape index (κ3) is 5.26. The van der Waals surface area contributed by atoms with Crippen LogP contribution in [0.1, 0.15) is 18.1 Å². The predicted molar refractivity (Wildman–Crippen MR) is 108 cm³/mol. The van der Waals surface area contributed by atoms with Gasteiger partial charge in [0.05, 0.1) is 6.54 Å². The fraction of sp³-hybridized carbons (Fsp3) is 0.400. The van der Waals surface area contributed by atoms with E-state index in [9.17, 15) is 0 Å². The largest absolute Gasteiger partial charge is 0.454 e. The highest BCUT2D eigenvalue weighted by Crippen LogP contribution is 2.32. The first-order chi connectivity index (χ1) is 13.2. The lowest BCUT2D eigenvalue weighted by Gasteiger charge is -2.13. The summed E-state index contributed by atoms with van der Waals surface area (Å²) in [5.41, 5.74) is 2.33. The maximum atomic E-state index is 5.43. The number of hydrogen-bond donors (Lipinski definition) is 2. The third-order valence-corrected chi connectivity index (χ3v) is 4.18. The Morgan fingerprint density at radius 3 is 2.78 bits per heavy atom. The molecule has 2 aromatic rings. The zero-order valence-electron chi connectivity index (χ0n) is 16.2. The van der Waals surface area contributed by atoms with Crippen molar-refractivity contribution >= 4 is 11.8 Å². The molecule has 0 bridgehead atoms. The summed E-state index contributed by atoms with van der Waals surface area (Å²) in [5, 5.41) is 6.67. The lowest BCUT2D eigenvalue weighted by Crippen LogP contribution is -2.38. The van der Waals surface area contributed by atoms with Crippen LogP contribution in [0.3, 0.4) is 0 Å². The summed E-state index contributed by atoms with van der Waals surface area (Å²) >= 11 is 0. The van der Waals surface area contributed by atoms with Gasteiger partial charge in [0.15, 0.2) is 17.5 Å². The smallest absolute Gasteiger partial charge is 0.231 e. The van der Waals surface area contributed by atoms with E-state index in [4.69, 9.17) is 9.47 Å². The van der Waals surface area contributed by atoms with Crippen LogP contribution in [0.15, 0.2) is 41.5 Å². The van der Waals surface area contributed by atoms with Crippen LogP contribution in [-0.4, -0.2) is 44.9 Å². The van der Waals surface area contributed by atoms with Gasteiger partial charge in [-0.15, -0.1) is 0 Å². The van der Waals surface area contributed by atoms with Crippen molar-refractivity contribution in [3.63, 3.8) is 0 Å². The third-order valence-electron chi connectivity index (χ3n) is 4.18. The molecule has 0 aliphatic carbocycles. The topological polar surface area (TPSA) is 71.0 Å². The summed E-state index contributed by atoms with van der Waals surface area (Å²) in [7, 11) is 3.97. The van der Waals surface area contributed by atoms with Crippen LogP contribution in [0.4, 0.5) is 5.82 Å². The SMILES string of the molecule is CCNC(=NCc1ccnc(N(C)C)c1)NCCc1ccc2c(c1)OCO2. The molecule has 0 amide bonds. The van der Waals surface area contributed by atoms with E-state index in [2.05, 4.69) is 39.7 Å². The van der Waals surface area contributed by atoms with E-state index < -0.39 is 0 Å². The molecule has 7 nitrogen and oxygen atoms in total. The summed E-state index contributed by atoms with van der Waals surface area (Å²) in [4.78, 5) is 11.0. The summed E-state index contributed by atoms with van der Waals surface area (Å²) in [5.74, 6) is 3.38. The van der Waals surface area contributed by atoms with Crippen LogP contribution in [0.2, 0.25) is 0 Å². The molecule has 0 saturated carbocycles. The number of guanidine groups is 1. The number of rotatable bonds is 7. The minimum Gasteiger partial charge on any atom is -0.454 e. The molecule has 1 aliphatic heterocycles. The highest BCUT2D eigenvalue weighted by atomic mass is 16.7. The predicted octanol–water partition coefficient (Wildman–Crippen LogP) is 2.17. The number of benzene rings is 1. The Kier molecular flexibility index (Phi) is 6.35. The highest BCUT2D eigenvalue weighted by Gasteiger charge is 2.12. The van der Waals surface area contributed by atoms with Gasteiger partial charge in [0.25, 0.3) is 0 Å². The molecule has 1 aromatic carbocycles. The number of fused-ring (bicyclic) bond motifs is 1. The lowest BCUT2D eigenvalue weighted by molar-refractivity contribution is 0.174. The monoisotopic (exact) mass is 369 g/mol. The maximum Gasteiger partial charge on any atom is 0.231 e. The second-order valence-electron chi connectivity index (χ2n) is 6.48. The molecule has 0 atom stereocenters. The van der Waals surface area contributed by atoms with Gasteiger partial charge in [-0.3, -0.25) is 0 Å². The molecular weight excluding hydrogens is 342 g/mol. The second-order valence-corrected chi connectivity index (χ2v) is 6.48. The van der Waals surface area contributed by atoms with Crippen LogP contribution in [0.25, 0.3) is 0 Å². The van der Waals surface area contributed by atoms with Crippen molar-refractivity contribution in [2.75, 3.05) is 38.9 Å². The number of pyridine rings is 1. The molecular formula is C20H27N5O2. The van der Waals surface area contributed by atoms with Crippen LogP contribution in [-0.2, 0) is 13.0 Å². The number of aromatic nitrogens is 1. The van der Waals surface area contributed by atoms with E-state index in [-0.39, 0.29) is 0 Å². The molecule has 3 rings (SSSR count). The van der Waals surface area contributed by atoms with Crippen LogP contribution < -0.4 is 25.0 Å². The molecule has 144 valence electrons. The Bertz CT molecular complexity index is 792. The minimum absolute atomic E-state index is 0.304. The number of nitrogens with one attached hydrogen (secondary N) is 2. The molecule has 0 radical (unpaired) electrons. The van der Waals surface area contributed by atoms with Crippen molar-refractivity contribution in [2.24, 2.45) is 4.99 Å². The van der Waals surface area contributed by atoms with E-state index >= 15 is 0 Å². The Hall–Kier alpha value is -2.96. The molecule has 2 heterocycles. The molecule has 0 unspecified atom stereocenters. The first-order valence-corrected chi connectivity index (χ1v) is 9.18. The van der Waals surface area contributed by atoms with Crippen molar-refractivity contribution in [3.05, 3.63) is 47.7 Å². The van der Waals surface area contributed by atoms with Crippen molar-refractivity contribution in [3.8, 4) is 11.5 Å². The number of nitrogens with zero attached hydrogens (tertiary/aromatic N) is 3. The maximum absolute atomic E-state index is 5.43. The Balaban J connectivity index is 1.55. The van der Waals surface area contributed by atoms with E-state index in [1.165, 1.54) is 5.56 Å². The van der Waals surface area contributed by atoms with Gasteiger partial charge in [-0.1, -0.05) is 6.07 Å². The minimum atomic E-state index is 0.304. The van der Waals surface area contributed by atoms with E-state index in [1.807, 2.05) is 43.4 Å². The van der Waals surface area contributed by atoms with Crippen molar-refractivity contribution < 1.29 is 9.47 Å². The zero-order valence-corrected chi connectivity index (χ0v) is 16.2. The van der Waals surface area contributed by atoms with Crippen molar-refractivity contribution in [1.82, 2.24) is 15.6 Å². The Labute approximate surface area is 160 Å². The Morgan fingerprint density at radius 2 is 1.96 bits per heavy atom. The van der Waals surface area contributed by atoms with Gasteiger partial charge in [-0.2, -0.15) is 0 Å². The second kappa shape index (κ2) is 9.12. The van der Waals surface area contributed by atoms with Crippen LogP contribution >= 0.6 is 0 Å². The number of anilines is 1. The van der Waals surface area contributed by atoms with Crippen LogP contribution in [0, 0.1) is 0 Å². The fourth-order valence-electron chi connectivity index (χ4n) is 2.74. The number of aliphatic imine (C=N–C) groups is 1. The quantitative estimate of drug-likeness (QED) is 0.576. The van der Waals surface area contributed by atoms with E-state index in [1.54, 1.807) is 0 Å². The summed E-state index contributed by atoms with van der Waals surface area (Å²) < 4.78 is 10.8.